The molecule has 4 heteroatoms. The van der Waals surface area contributed by atoms with Gasteiger partial charge in [0.05, 0.1) is 7.57 Å². The van der Waals surface area contributed by atoms with Crippen LogP contribution in [-0.4, -0.2) is 0 Å². The highest BCUT2D eigenvalue weighted by Crippen LogP contribution is 2.35. The quantitative estimate of drug-likeness (QED) is 0.885. The summed E-state index contributed by atoms with van der Waals surface area (Å²) >= 11 is 8.55. The molecule has 1 atom stereocenters. The van der Waals surface area contributed by atoms with Crippen LogP contribution in [-0.2, 0) is 0 Å². The molecular weight excluding hydrogens is 290 g/mol. The summed E-state index contributed by atoms with van der Waals surface area (Å²) in [7, 11) is 0. The zero-order valence-corrected chi connectivity index (χ0v) is 10.1. The Hall–Kier alpha value is 0.620. The molecule has 1 heterocycles. The van der Waals surface area contributed by atoms with Gasteiger partial charge in [0.15, 0.2) is 0 Å². The molecule has 0 bridgehead atoms. The molecule has 1 rings (SSSR count). The molecule has 0 aliphatic carbocycles. The van der Waals surface area contributed by atoms with Gasteiger partial charge in [-0.3, -0.25) is 0 Å². The van der Waals surface area contributed by atoms with Crippen LogP contribution in [0.3, 0.4) is 0 Å². The van der Waals surface area contributed by atoms with E-state index in [1.165, 1.54) is 5.56 Å². The smallest absolute Gasteiger partial charge is 0.0758 e. The largest absolute Gasteiger partial charge is 0.324 e. The minimum atomic E-state index is 0.159. The first-order valence-electron chi connectivity index (χ1n) is 3.35. The van der Waals surface area contributed by atoms with E-state index in [9.17, 15) is 0 Å². The van der Waals surface area contributed by atoms with E-state index in [2.05, 4.69) is 44.8 Å². The van der Waals surface area contributed by atoms with Crippen molar-refractivity contribution in [3.05, 3.63) is 19.2 Å². The van der Waals surface area contributed by atoms with Crippen LogP contribution in [0.2, 0.25) is 0 Å². The first-order valence-corrected chi connectivity index (χ1v) is 5.75. The van der Waals surface area contributed by atoms with Gasteiger partial charge in [-0.15, -0.1) is 11.3 Å². The fourth-order valence-corrected chi connectivity index (χ4v) is 3.83. The summed E-state index contributed by atoms with van der Waals surface area (Å²) in [6, 6.07) is 2.23. The topological polar surface area (TPSA) is 26.0 Å². The van der Waals surface area contributed by atoms with Crippen molar-refractivity contribution in [2.75, 3.05) is 0 Å². The molecule has 1 nitrogen and oxygen atoms in total. The lowest BCUT2D eigenvalue weighted by Gasteiger charge is -2.05. The molecule has 1 aromatic rings. The van der Waals surface area contributed by atoms with Gasteiger partial charge in [0.2, 0.25) is 0 Å². The van der Waals surface area contributed by atoms with E-state index < -0.39 is 0 Å². The van der Waals surface area contributed by atoms with Gasteiger partial charge >= 0.3 is 0 Å². The molecule has 0 amide bonds. The van der Waals surface area contributed by atoms with Gasteiger partial charge in [-0.1, -0.05) is 6.92 Å². The highest BCUT2D eigenvalue weighted by molar-refractivity contribution is 9.12. The fraction of sp³-hybridized carbons (Fsp3) is 0.429. The van der Waals surface area contributed by atoms with Crippen molar-refractivity contribution in [3.8, 4) is 0 Å². The molecule has 0 aliphatic rings. The van der Waals surface area contributed by atoms with E-state index in [1.54, 1.807) is 11.3 Å². The Kier molecular flexibility index (Phi) is 3.55. The van der Waals surface area contributed by atoms with Crippen LogP contribution in [0, 0.1) is 0 Å². The summed E-state index contributed by atoms with van der Waals surface area (Å²) in [5.74, 6) is 0. The van der Waals surface area contributed by atoms with Gasteiger partial charge in [0, 0.05) is 6.04 Å². The molecule has 0 radical (unpaired) electrons. The normalized spacial score (nSPS) is 13.5. The maximum Gasteiger partial charge on any atom is 0.0758 e. The summed E-state index contributed by atoms with van der Waals surface area (Å²) in [6.07, 6.45) is 0.974. The average Bonchev–Trinajstić information content (AvgIpc) is 2.28. The molecule has 0 aromatic carbocycles. The van der Waals surface area contributed by atoms with Crippen LogP contribution in [0.4, 0.5) is 0 Å². The molecular formula is C7H9Br2NS. The van der Waals surface area contributed by atoms with E-state index in [0.717, 1.165) is 14.0 Å². The second kappa shape index (κ2) is 4.03. The van der Waals surface area contributed by atoms with E-state index in [1.807, 2.05) is 0 Å². The van der Waals surface area contributed by atoms with Crippen LogP contribution >= 0.6 is 43.2 Å². The van der Waals surface area contributed by atoms with Gasteiger partial charge in [0.25, 0.3) is 0 Å². The Morgan fingerprint density at radius 2 is 2.27 bits per heavy atom. The number of thiophene rings is 1. The van der Waals surface area contributed by atoms with E-state index in [0.29, 0.717) is 0 Å². The predicted molar refractivity (Wildman–Crippen MR) is 56.9 cm³/mol. The first-order chi connectivity index (χ1) is 5.15. The van der Waals surface area contributed by atoms with Gasteiger partial charge in [-0.05, 0) is 49.9 Å². The summed E-state index contributed by atoms with van der Waals surface area (Å²) in [5, 5.41) is 0. The van der Waals surface area contributed by atoms with Crippen LogP contribution in [0.15, 0.2) is 13.6 Å². The number of hydrogen-bond donors (Lipinski definition) is 1. The fourth-order valence-electron chi connectivity index (χ4n) is 0.826. The lowest BCUT2D eigenvalue weighted by Crippen LogP contribution is -2.07. The van der Waals surface area contributed by atoms with E-state index in [4.69, 9.17) is 5.73 Å². The molecule has 0 spiro atoms. The first kappa shape index (κ1) is 9.71. The van der Waals surface area contributed by atoms with E-state index >= 15 is 0 Å². The molecule has 1 aromatic heterocycles. The van der Waals surface area contributed by atoms with Crippen molar-refractivity contribution in [2.24, 2.45) is 5.73 Å². The average molecular weight is 299 g/mol. The lowest BCUT2D eigenvalue weighted by atomic mass is 10.1. The monoisotopic (exact) mass is 297 g/mol. The van der Waals surface area contributed by atoms with Crippen LogP contribution in [0.25, 0.3) is 0 Å². The molecule has 0 aliphatic heterocycles. The minimum Gasteiger partial charge on any atom is -0.324 e. The number of rotatable bonds is 2. The highest BCUT2D eigenvalue weighted by atomic mass is 79.9. The third kappa shape index (κ3) is 2.28. The molecule has 0 saturated carbocycles. The standard InChI is InChI=1S/C7H9Br2NS/c1-2-5(10)4-3-6(8)11-7(4)9/h3,5H,2,10H2,1H3/t5-/m1/s1. The Labute approximate surface area is 87.2 Å². The highest BCUT2D eigenvalue weighted by Gasteiger charge is 2.10. The molecule has 0 saturated heterocycles. The number of nitrogens with two attached hydrogens (primary N) is 1. The summed E-state index contributed by atoms with van der Waals surface area (Å²) in [4.78, 5) is 0. The SMILES string of the molecule is CC[C@@H](N)c1cc(Br)sc1Br. The van der Waals surface area contributed by atoms with Gasteiger partial charge < -0.3 is 5.73 Å². The summed E-state index contributed by atoms with van der Waals surface area (Å²) in [6.45, 7) is 2.09. The van der Waals surface area contributed by atoms with E-state index in [-0.39, 0.29) is 6.04 Å². The van der Waals surface area contributed by atoms with Gasteiger partial charge in [-0.2, -0.15) is 0 Å². The second-order valence-corrected chi connectivity index (χ2v) is 6.04. The Bertz CT molecular complexity index is 247. The van der Waals surface area contributed by atoms with Crippen molar-refractivity contribution >= 4 is 43.2 Å². The van der Waals surface area contributed by atoms with Gasteiger partial charge in [0.1, 0.15) is 0 Å². The summed E-state index contributed by atoms with van der Waals surface area (Å²) < 4.78 is 2.27. The Morgan fingerprint density at radius 3 is 2.64 bits per heavy atom. The zero-order chi connectivity index (χ0) is 8.43. The molecule has 0 unspecified atom stereocenters. The third-order valence-electron chi connectivity index (χ3n) is 1.52. The molecule has 62 valence electrons. The molecule has 11 heavy (non-hydrogen) atoms. The van der Waals surface area contributed by atoms with Crippen LogP contribution < -0.4 is 5.73 Å². The van der Waals surface area contributed by atoms with Crippen molar-refractivity contribution in [1.29, 1.82) is 0 Å². The summed E-state index contributed by atoms with van der Waals surface area (Å²) in [5.41, 5.74) is 7.06. The van der Waals surface area contributed by atoms with Crippen molar-refractivity contribution < 1.29 is 0 Å². The number of halogens is 2. The maximum atomic E-state index is 5.86. The predicted octanol–water partition coefficient (Wildman–Crippen LogP) is 3.68. The minimum absolute atomic E-state index is 0.159. The second-order valence-electron chi connectivity index (χ2n) is 2.29. The van der Waals surface area contributed by atoms with Crippen molar-refractivity contribution in [2.45, 2.75) is 19.4 Å². The maximum absolute atomic E-state index is 5.86. The van der Waals surface area contributed by atoms with Crippen LogP contribution in [0.5, 0.6) is 0 Å². The molecule has 2 N–H and O–H groups in total. The van der Waals surface area contributed by atoms with Gasteiger partial charge in [-0.25, -0.2) is 0 Å². The lowest BCUT2D eigenvalue weighted by molar-refractivity contribution is 0.699. The van der Waals surface area contributed by atoms with Crippen molar-refractivity contribution in [1.82, 2.24) is 0 Å². The Balaban J connectivity index is 2.93. The number of hydrogen-bond acceptors (Lipinski definition) is 2. The zero-order valence-electron chi connectivity index (χ0n) is 6.10. The Morgan fingerprint density at radius 1 is 1.64 bits per heavy atom. The van der Waals surface area contributed by atoms with Crippen LogP contribution in [0.1, 0.15) is 24.9 Å². The third-order valence-corrected chi connectivity index (χ3v) is 3.91. The van der Waals surface area contributed by atoms with Crippen molar-refractivity contribution in [3.63, 3.8) is 0 Å². The molecule has 0 fully saturated rings.